The maximum Gasteiger partial charge on any atom is 0.139 e. The summed E-state index contributed by atoms with van der Waals surface area (Å²) in [5, 5.41) is 12.1. The number of aryl methyl sites for hydroxylation is 1. The van der Waals surface area contributed by atoms with Crippen molar-refractivity contribution in [2.24, 2.45) is 0 Å². The van der Waals surface area contributed by atoms with E-state index in [-0.39, 0.29) is 5.75 Å². The van der Waals surface area contributed by atoms with Crippen LogP contribution in [0.2, 0.25) is 0 Å². The van der Waals surface area contributed by atoms with E-state index in [1.54, 1.807) is 12.1 Å². The number of nitrogens with zero attached hydrogens (tertiary/aromatic N) is 1. The standard InChI is InChI=1S/C33H41NO2S4/c1-5-37-17-19-39-15-13-34(14-16-40-20-18-38-6-2)26-8-11-28(25(4)22-26)33-29-10-7-24(3)21-31(29)36-32-23-27(35)9-12-30(32)33/h7-12,21-23,35H,3,5-6,13-20H2,1-2,4H3. The third-order valence-corrected chi connectivity index (χ3v) is 11.0. The van der Waals surface area contributed by atoms with Gasteiger partial charge in [-0.05, 0) is 65.1 Å². The van der Waals surface area contributed by atoms with Crippen LogP contribution in [0.5, 0.6) is 17.2 Å². The van der Waals surface area contributed by atoms with Crippen LogP contribution in [0.4, 0.5) is 5.69 Å². The Bertz CT molecular complexity index is 1360. The van der Waals surface area contributed by atoms with E-state index in [0.717, 1.165) is 51.9 Å². The van der Waals surface area contributed by atoms with Gasteiger partial charge in [0.25, 0.3) is 0 Å². The Balaban J connectivity index is 1.60. The van der Waals surface area contributed by atoms with Crippen molar-refractivity contribution in [1.82, 2.24) is 0 Å². The Morgan fingerprint density at radius 1 is 0.725 bits per heavy atom. The fraction of sp³-hybridized carbons (Fsp3) is 0.394. The first kappa shape index (κ1) is 31.1. The molecule has 0 aromatic heterocycles. The lowest BCUT2D eigenvalue weighted by Crippen LogP contribution is -2.29. The van der Waals surface area contributed by atoms with E-state index in [0.29, 0.717) is 5.75 Å². The number of phenols is 1. The van der Waals surface area contributed by atoms with Crippen molar-refractivity contribution in [2.45, 2.75) is 20.8 Å². The molecule has 1 N–H and O–H groups in total. The third kappa shape index (κ3) is 8.37. The first-order chi connectivity index (χ1) is 19.5. The lowest BCUT2D eigenvalue weighted by molar-refractivity contribution is 0.450. The van der Waals surface area contributed by atoms with Gasteiger partial charge in [-0.1, -0.05) is 38.6 Å². The number of thioether (sulfide) groups is 4. The molecule has 0 saturated heterocycles. The van der Waals surface area contributed by atoms with Crippen LogP contribution in [0.3, 0.4) is 0 Å². The second-order valence-corrected chi connectivity index (χ2v) is 14.8. The number of hydrogen-bond acceptors (Lipinski definition) is 7. The summed E-state index contributed by atoms with van der Waals surface area (Å²) in [6, 6.07) is 18.4. The van der Waals surface area contributed by atoms with Gasteiger partial charge in [0.1, 0.15) is 17.2 Å². The highest BCUT2D eigenvalue weighted by molar-refractivity contribution is 8.03. The van der Waals surface area contributed by atoms with Crippen molar-refractivity contribution in [3.8, 4) is 17.2 Å². The summed E-state index contributed by atoms with van der Waals surface area (Å²) < 4.78 is 6.21. The average Bonchev–Trinajstić information content (AvgIpc) is 2.94. The van der Waals surface area contributed by atoms with Gasteiger partial charge in [-0.25, -0.2) is 0 Å². The van der Waals surface area contributed by atoms with E-state index in [9.17, 15) is 5.11 Å². The fourth-order valence-corrected chi connectivity index (χ4v) is 8.36. The molecule has 0 amide bonds. The molecule has 3 aromatic rings. The van der Waals surface area contributed by atoms with Crippen molar-refractivity contribution >= 4 is 64.9 Å². The van der Waals surface area contributed by atoms with Gasteiger partial charge in [0, 0.05) is 75.7 Å². The molecule has 7 heteroatoms. The van der Waals surface area contributed by atoms with Gasteiger partial charge in [0.05, 0.1) is 0 Å². The summed E-state index contributed by atoms with van der Waals surface area (Å²) in [6.07, 6.45) is 0. The number of anilines is 1. The first-order valence-electron chi connectivity index (χ1n) is 14.0. The van der Waals surface area contributed by atoms with Crippen molar-refractivity contribution in [3.63, 3.8) is 0 Å². The SMILES string of the molecule is C=c1ccc2c(c1)Oc1cc(O)ccc1C=2c1ccc(N(CCSCCSCC)CCSCCSCC)cc1C. The highest BCUT2D eigenvalue weighted by Crippen LogP contribution is 2.39. The molecule has 0 bridgehead atoms. The van der Waals surface area contributed by atoms with Crippen LogP contribution in [0.1, 0.15) is 30.5 Å². The Hall–Kier alpha value is -1.80. The van der Waals surface area contributed by atoms with E-state index in [4.69, 9.17) is 4.74 Å². The van der Waals surface area contributed by atoms with Gasteiger partial charge in [0.15, 0.2) is 0 Å². The molecule has 40 heavy (non-hydrogen) atoms. The van der Waals surface area contributed by atoms with E-state index in [1.807, 2.05) is 41.7 Å². The first-order valence-corrected chi connectivity index (χ1v) is 18.6. The average molecular weight is 612 g/mol. The summed E-state index contributed by atoms with van der Waals surface area (Å²) in [5.74, 6) is 11.3. The fourth-order valence-electron chi connectivity index (χ4n) is 4.79. The molecule has 0 aliphatic carbocycles. The minimum atomic E-state index is 0.201. The Labute approximate surface area is 257 Å². The molecule has 0 radical (unpaired) electrons. The van der Waals surface area contributed by atoms with Crippen LogP contribution in [0.15, 0.2) is 54.6 Å². The number of benzene rings is 3. The number of aromatic hydroxyl groups is 1. The van der Waals surface area contributed by atoms with Crippen LogP contribution in [0.25, 0.3) is 12.2 Å². The van der Waals surface area contributed by atoms with E-state index in [2.05, 4.69) is 80.0 Å². The van der Waals surface area contributed by atoms with Crippen molar-refractivity contribution in [3.05, 3.63) is 81.7 Å². The quantitative estimate of drug-likeness (QED) is 0.134. The van der Waals surface area contributed by atoms with Crippen LogP contribution >= 0.6 is 47.0 Å². The normalized spacial score (nSPS) is 12.1. The molecule has 0 fully saturated rings. The number of fused-ring (bicyclic) bond motifs is 2. The zero-order valence-corrected chi connectivity index (χ0v) is 27.2. The Morgan fingerprint density at radius 2 is 1.38 bits per heavy atom. The number of ether oxygens (including phenoxy) is 1. The van der Waals surface area contributed by atoms with E-state index < -0.39 is 0 Å². The summed E-state index contributed by atoms with van der Waals surface area (Å²) in [7, 11) is 0. The summed E-state index contributed by atoms with van der Waals surface area (Å²) in [4.78, 5) is 2.57. The lowest BCUT2D eigenvalue weighted by atomic mass is 9.89. The summed E-state index contributed by atoms with van der Waals surface area (Å²) in [5.41, 5.74) is 5.86. The molecule has 1 aliphatic heterocycles. The van der Waals surface area contributed by atoms with Crippen LogP contribution < -0.4 is 20.1 Å². The predicted molar refractivity (Wildman–Crippen MR) is 185 cm³/mol. The predicted octanol–water partition coefficient (Wildman–Crippen LogP) is 7.24. The van der Waals surface area contributed by atoms with Crippen LogP contribution in [0, 0.1) is 6.92 Å². The van der Waals surface area contributed by atoms with Crippen molar-refractivity contribution < 1.29 is 9.84 Å². The minimum Gasteiger partial charge on any atom is -0.508 e. The maximum absolute atomic E-state index is 10.1. The largest absolute Gasteiger partial charge is 0.508 e. The minimum absolute atomic E-state index is 0.201. The van der Waals surface area contributed by atoms with Gasteiger partial charge in [0.2, 0.25) is 0 Å². The molecule has 0 atom stereocenters. The van der Waals surface area contributed by atoms with Crippen molar-refractivity contribution in [2.75, 3.05) is 64.0 Å². The van der Waals surface area contributed by atoms with Crippen molar-refractivity contribution in [1.29, 1.82) is 0 Å². The van der Waals surface area contributed by atoms with E-state index >= 15 is 0 Å². The topological polar surface area (TPSA) is 32.7 Å². The van der Waals surface area contributed by atoms with Gasteiger partial charge >= 0.3 is 0 Å². The highest BCUT2D eigenvalue weighted by atomic mass is 32.2. The number of phenolic OH excluding ortho intramolecular Hbond substituents is 1. The van der Waals surface area contributed by atoms with Crippen LogP contribution in [-0.2, 0) is 0 Å². The highest BCUT2D eigenvalue weighted by Gasteiger charge is 2.22. The van der Waals surface area contributed by atoms with Gasteiger partial charge in [-0.15, -0.1) is 0 Å². The third-order valence-electron chi connectivity index (χ3n) is 6.78. The molecule has 214 valence electrons. The van der Waals surface area contributed by atoms with Gasteiger partial charge in [-0.3, -0.25) is 0 Å². The molecular formula is C33H41NO2S4. The smallest absolute Gasteiger partial charge is 0.139 e. The molecule has 0 saturated carbocycles. The number of hydrogen-bond donors (Lipinski definition) is 1. The second-order valence-electron chi connectivity index (χ2n) is 9.59. The molecule has 3 aromatic carbocycles. The summed E-state index contributed by atoms with van der Waals surface area (Å²) in [6.45, 7) is 12.9. The molecule has 0 spiro atoms. The van der Waals surface area contributed by atoms with Gasteiger partial charge < -0.3 is 14.7 Å². The monoisotopic (exact) mass is 611 g/mol. The molecule has 0 unspecified atom stereocenters. The Morgan fingerprint density at radius 3 is 2.02 bits per heavy atom. The zero-order chi connectivity index (χ0) is 28.3. The molecule has 1 aliphatic rings. The maximum atomic E-state index is 10.1. The molecular weight excluding hydrogens is 571 g/mol. The Kier molecular flexibility index (Phi) is 12.5. The second kappa shape index (κ2) is 16.0. The molecule has 1 heterocycles. The molecule has 4 rings (SSSR count). The lowest BCUT2D eigenvalue weighted by Gasteiger charge is -2.27. The number of rotatable bonds is 16. The van der Waals surface area contributed by atoms with Gasteiger partial charge in [-0.2, -0.15) is 47.0 Å². The summed E-state index contributed by atoms with van der Waals surface area (Å²) >= 11 is 8.19. The zero-order valence-electron chi connectivity index (χ0n) is 23.9. The van der Waals surface area contributed by atoms with E-state index in [1.165, 1.54) is 51.3 Å². The van der Waals surface area contributed by atoms with Crippen LogP contribution in [-0.4, -0.2) is 64.2 Å². The molecule has 3 nitrogen and oxygen atoms in total.